The number of H-pyrrole nitrogens is 1. The second-order valence-electron chi connectivity index (χ2n) is 4.12. The van der Waals surface area contributed by atoms with Gasteiger partial charge in [0, 0.05) is 27.8 Å². The number of nitrogens with two attached hydrogens (primary N) is 1. The maximum absolute atomic E-state index is 6.05. The SMILES string of the molecule is CCC(N)Cc1cc(Br)ccc1Sc1ncc[nH]1. The summed E-state index contributed by atoms with van der Waals surface area (Å²) in [5.74, 6) is 0. The number of imidazole rings is 1. The lowest BCUT2D eigenvalue weighted by Gasteiger charge is -2.13. The maximum Gasteiger partial charge on any atom is 0.170 e. The van der Waals surface area contributed by atoms with Gasteiger partial charge in [-0.25, -0.2) is 4.98 Å². The fourth-order valence-corrected chi connectivity index (χ4v) is 2.91. The van der Waals surface area contributed by atoms with Gasteiger partial charge in [0.2, 0.25) is 0 Å². The van der Waals surface area contributed by atoms with Crippen LogP contribution in [0.15, 0.2) is 45.1 Å². The van der Waals surface area contributed by atoms with Crippen LogP contribution in [0.25, 0.3) is 0 Å². The van der Waals surface area contributed by atoms with Crippen LogP contribution in [0.1, 0.15) is 18.9 Å². The molecule has 1 atom stereocenters. The van der Waals surface area contributed by atoms with Crippen molar-refractivity contribution in [3.63, 3.8) is 0 Å². The zero-order valence-corrected chi connectivity index (χ0v) is 12.6. The fraction of sp³-hybridized carbons (Fsp3) is 0.308. The van der Waals surface area contributed by atoms with Gasteiger partial charge in [-0.2, -0.15) is 0 Å². The highest BCUT2D eigenvalue weighted by Crippen LogP contribution is 2.30. The first-order chi connectivity index (χ1) is 8.69. The second kappa shape index (κ2) is 6.41. The molecule has 0 fully saturated rings. The smallest absolute Gasteiger partial charge is 0.170 e. The van der Waals surface area contributed by atoms with E-state index in [1.54, 1.807) is 18.0 Å². The van der Waals surface area contributed by atoms with Crippen molar-refractivity contribution in [1.82, 2.24) is 9.97 Å². The molecule has 1 aromatic heterocycles. The Labute approximate surface area is 120 Å². The Kier molecular flexibility index (Phi) is 4.86. The van der Waals surface area contributed by atoms with E-state index in [-0.39, 0.29) is 6.04 Å². The van der Waals surface area contributed by atoms with Crippen LogP contribution in [-0.2, 0) is 6.42 Å². The van der Waals surface area contributed by atoms with Crippen LogP contribution in [0.2, 0.25) is 0 Å². The molecule has 0 saturated heterocycles. The molecule has 0 radical (unpaired) electrons. The summed E-state index contributed by atoms with van der Waals surface area (Å²) >= 11 is 5.15. The summed E-state index contributed by atoms with van der Waals surface area (Å²) in [5.41, 5.74) is 7.31. The largest absolute Gasteiger partial charge is 0.339 e. The van der Waals surface area contributed by atoms with Crippen LogP contribution in [0.4, 0.5) is 0 Å². The quantitative estimate of drug-likeness (QED) is 0.883. The average Bonchev–Trinajstić information content (AvgIpc) is 2.85. The Hall–Kier alpha value is -0.780. The topological polar surface area (TPSA) is 54.7 Å². The van der Waals surface area contributed by atoms with Crippen LogP contribution < -0.4 is 5.73 Å². The van der Waals surface area contributed by atoms with Crippen molar-refractivity contribution < 1.29 is 0 Å². The number of nitrogens with one attached hydrogen (secondary N) is 1. The summed E-state index contributed by atoms with van der Waals surface area (Å²) < 4.78 is 1.09. The Morgan fingerprint density at radius 1 is 1.50 bits per heavy atom. The zero-order chi connectivity index (χ0) is 13.0. The van der Waals surface area contributed by atoms with Crippen LogP contribution in [-0.4, -0.2) is 16.0 Å². The minimum Gasteiger partial charge on any atom is -0.339 e. The Morgan fingerprint density at radius 2 is 2.33 bits per heavy atom. The molecule has 3 N–H and O–H groups in total. The molecule has 0 aliphatic heterocycles. The molecule has 18 heavy (non-hydrogen) atoms. The highest BCUT2D eigenvalue weighted by Gasteiger charge is 2.10. The minimum absolute atomic E-state index is 0.204. The van der Waals surface area contributed by atoms with Crippen molar-refractivity contribution >= 4 is 27.7 Å². The number of benzene rings is 1. The number of halogens is 1. The van der Waals surface area contributed by atoms with Crippen LogP contribution in [0.3, 0.4) is 0 Å². The Balaban J connectivity index is 2.22. The van der Waals surface area contributed by atoms with Gasteiger partial charge in [-0.3, -0.25) is 0 Å². The van der Waals surface area contributed by atoms with Crippen LogP contribution in [0, 0.1) is 0 Å². The fourth-order valence-electron chi connectivity index (χ4n) is 1.64. The van der Waals surface area contributed by atoms with Gasteiger partial charge in [0.1, 0.15) is 0 Å². The number of aromatic amines is 1. The molecule has 0 bridgehead atoms. The zero-order valence-electron chi connectivity index (χ0n) is 10.2. The van der Waals surface area contributed by atoms with Gasteiger partial charge >= 0.3 is 0 Å². The lowest BCUT2D eigenvalue weighted by atomic mass is 10.1. The van der Waals surface area contributed by atoms with Crippen molar-refractivity contribution in [2.75, 3.05) is 0 Å². The lowest BCUT2D eigenvalue weighted by Crippen LogP contribution is -2.21. The number of rotatable bonds is 5. The van der Waals surface area contributed by atoms with E-state index in [1.165, 1.54) is 10.5 Å². The highest BCUT2D eigenvalue weighted by atomic mass is 79.9. The maximum atomic E-state index is 6.05. The van der Waals surface area contributed by atoms with E-state index in [2.05, 4.69) is 45.0 Å². The monoisotopic (exact) mass is 325 g/mol. The van der Waals surface area contributed by atoms with Gasteiger partial charge in [0.15, 0.2) is 5.16 Å². The van der Waals surface area contributed by atoms with Crippen LogP contribution in [0.5, 0.6) is 0 Å². The molecular weight excluding hydrogens is 310 g/mol. The summed E-state index contributed by atoms with van der Waals surface area (Å²) in [5, 5.41) is 0.906. The summed E-state index contributed by atoms with van der Waals surface area (Å²) in [6, 6.07) is 6.50. The molecule has 1 aromatic carbocycles. The highest BCUT2D eigenvalue weighted by molar-refractivity contribution is 9.10. The molecular formula is C13H16BrN3S. The molecule has 0 aliphatic rings. The molecule has 5 heteroatoms. The van der Waals surface area contributed by atoms with Crippen LogP contribution >= 0.6 is 27.7 Å². The lowest BCUT2D eigenvalue weighted by molar-refractivity contribution is 0.641. The van der Waals surface area contributed by atoms with E-state index in [9.17, 15) is 0 Å². The summed E-state index contributed by atoms with van der Waals surface area (Å²) in [4.78, 5) is 8.55. The van der Waals surface area contributed by atoms with E-state index in [4.69, 9.17) is 5.73 Å². The first kappa shape index (κ1) is 13.6. The van der Waals surface area contributed by atoms with Crippen molar-refractivity contribution in [2.45, 2.75) is 35.9 Å². The van der Waals surface area contributed by atoms with Gasteiger partial charge in [0.05, 0.1) is 0 Å². The van der Waals surface area contributed by atoms with Gasteiger partial charge in [0.25, 0.3) is 0 Å². The third kappa shape index (κ3) is 3.60. The standard InChI is InChI=1S/C13H16BrN3S/c1-2-11(15)8-9-7-10(14)3-4-12(9)18-13-16-5-6-17-13/h3-7,11H,2,8,15H2,1H3,(H,16,17). The van der Waals surface area contributed by atoms with Gasteiger partial charge in [-0.05, 0) is 36.6 Å². The summed E-state index contributed by atoms with van der Waals surface area (Å²) in [7, 11) is 0. The average molecular weight is 326 g/mol. The van der Waals surface area contributed by atoms with Crippen molar-refractivity contribution in [2.24, 2.45) is 5.73 Å². The van der Waals surface area contributed by atoms with E-state index in [0.717, 1.165) is 22.5 Å². The predicted molar refractivity (Wildman–Crippen MR) is 78.8 cm³/mol. The Bertz CT molecular complexity index is 499. The third-order valence-corrected chi connectivity index (χ3v) is 4.24. The second-order valence-corrected chi connectivity index (χ2v) is 6.07. The first-order valence-electron chi connectivity index (χ1n) is 5.90. The van der Waals surface area contributed by atoms with Crippen molar-refractivity contribution in [1.29, 1.82) is 0 Å². The van der Waals surface area contributed by atoms with E-state index in [0.29, 0.717) is 0 Å². The molecule has 0 spiro atoms. The number of aromatic nitrogens is 2. The van der Waals surface area contributed by atoms with Crippen molar-refractivity contribution in [3.8, 4) is 0 Å². The number of nitrogens with zero attached hydrogens (tertiary/aromatic N) is 1. The Morgan fingerprint density at radius 3 is 3.00 bits per heavy atom. The molecule has 1 unspecified atom stereocenters. The third-order valence-electron chi connectivity index (χ3n) is 2.71. The van der Waals surface area contributed by atoms with E-state index >= 15 is 0 Å². The summed E-state index contributed by atoms with van der Waals surface area (Å²) in [6.07, 6.45) is 5.47. The number of hydrogen-bond donors (Lipinski definition) is 2. The molecule has 96 valence electrons. The van der Waals surface area contributed by atoms with E-state index in [1.807, 2.05) is 12.3 Å². The van der Waals surface area contributed by atoms with Gasteiger partial charge in [-0.15, -0.1) is 0 Å². The first-order valence-corrected chi connectivity index (χ1v) is 7.51. The molecule has 2 rings (SSSR count). The predicted octanol–water partition coefficient (Wildman–Crippen LogP) is 3.60. The molecule has 0 aliphatic carbocycles. The molecule has 0 saturated carbocycles. The van der Waals surface area contributed by atoms with E-state index < -0.39 is 0 Å². The van der Waals surface area contributed by atoms with Crippen molar-refractivity contribution in [3.05, 3.63) is 40.6 Å². The molecule has 3 nitrogen and oxygen atoms in total. The number of hydrogen-bond acceptors (Lipinski definition) is 3. The molecule has 0 amide bonds. The van der Waals surface area contributed by atoms with Gasteiger partial charge < -0.3 is 10.7 Å². The minimum atomic E-state index is 0.204. The summed E-state index contributed by atoms with van der Waals surface area (Å²) in [6.45, 7) is 2.11. The molecule has 2 aromatic rings. The van der Waals surface area contributed by atoms with Gasteiger partial charge in [-0.1, -0.05) is 34.6 Å². The normalized spacial score (nSPS) is 12.6. The molecule has 1 heterocycles.